The van der Waals surface area contributed by atoms with E-state index in [0.717, 1.165) is 12.1 Å². The molecule has 0 atom stereocenters. The number of nitrogens with zero attached hydrogens (tertiary/aromatic N) is 1. The Hall–Kier alpha value is -2.11. The van der Waals surface area contributed by atoms with Crippen molar-refractivity contribution in [2.75, 3.05) is 10.5 Å². The normalized spacial score (nSPS) is 10.9. The third kappa shape index (κ3) is 3.32. The molecule has 2 aromatic carbocycles. The Kier molecular flexibility index (Phi) is 4.16. The molecule has 0 aliphatic rings. The minimum absolute atomic E-state index is 0.0584. The average Bonchev–Trinajstić information content (AvgIpc) is 2.37. The van der Waals surface area contributed by atoms with E-state index in [2.05, 4.69) is 20.7 Å². The lowest BCUT2D eigenvalue weighted by molar-refractivity contribution is 0.571. The molecule has 0 aliphatic heterocycles. The molecule has 108 valence electrons. The molecule has 5 nitrogen and oxygen atoms in total. The first-order valence-electron chi connectivity index (χ1n) is 5.61. The number of nitriles is 1. The van der Waals surface area contributed by atoms with Crippen LogP contribution in [-0.2, 0) is 10.0 Å². The first-order chi connectivity index (χ1) is 9.83. The maximum absolute atomic E-state index is 13.7. The molecule has 0 aromatic heterocycles. The van der Waals surface area contributed by atoms with E-state index in [-0.39, 0.29) is 16.9 Å². The lowest BCUT2D eigenvalue weighted by Gasteiger charge is -2.11. The van der Waals surface area contributed by atoms with Gasteiger partial charge in [0.25, 0.3) is 10.0 Å². The molecule has 21 heavy (non-hydrogen) atoms. The SMILES string of the molecule is N#Cc1ccc(Br)cc1NS(=O)(=O)c1ccc(N)cc1F. The van der Waals surface area contributed by atoms with E-state index >= 15 is 0 Å². The summed E-state index contributed by atoms with van der Waals surface area (Å²) in [4.78, 5) is -0.541. The number of hydrogen-bond donors (Lipinski definition) is 2. The molecule has 0 aliphatic carbocycles. The van der Waals surface area contributed by atoms with Gasteiger partial charge in [0.1, 0.15) is 16.8 Å². The second-order valence-corrected chi connectivity index (χ2v) is 6.66. The lowest BCUT2D eigenvalue weighted by atomic mass is 10.2. The van der Waals surface area contributed by atoms with Gasteiger partial charge in [-0.25, -0.2) is 12.8 Å². The molecule has 0 fully saturated rings. The van der Waals surface area contributed by atoms with Crippen molar-refractivity contribution in [1.82, 2.24) is 0 Å². The molecule has 0 bridgehead atoms. The molecule has 0 saturated carbocycles. The number of nitrogen functional groups attached to an aromatic ring is 1. The Bertz CT molecular complexity index is 847. The maximum Gasteiger partial charge on any atom is 0.264 e. The van der Waals surface area contributed by atoms with E-state index < -0.39 is 20.7 Å². The van der Waals surface area contributed by atoms with E-state index in [1.165, 1.54) is 18.2 Å². The number of halogens is 2. The van der Waals surface area contributed by atoms with Crippen molar-refractivity contribution in [3.63, 3.8) is 0 Å². The predicted molar refractivity (Wildman–Crippen MR) is 80.5 cm³/mol. The van der Waals surface area contributed by atoms with E-state index in [0.29, 0.717) is 4.47 Å². The zero-order valence-electron chi connectivity index (χ0n) is 10.5. The summed E-state index contributed by atoms with van der Waals surface area (Å²) >= 11 is 3.18. The van der Waals surface area contributed by atoms with Gasteiger partial charge in [0.05, 0.1) is 11.3 Å². The summed E-state index contributed by atoms with van der Waals surface area (Å²) in [5.74, 6) is -0.962. The van der Waals surface area contributed by atoms with E-state index in [9.17, 15) is 12.8 Å². The van der Waals surface area contributed by atoms with Crippen LogP contribution in [0.5, 0.6) is 0 Å². The Balaban J connectivity index is 2.47. The zero-order chi connectivity index (χ0) is 15.6. The van der Waals surface area contributed by atoms with Crippen LogP contribution in [0.2, 0.25) is 0 Å². The number of hydrogen-bond acceptors (Lipinski definition) is 4. The van der Waals surface area contributed by atoms with Crippen molar-refractivity contribution in [2.24, 2.45) is 0 Å². The van der Waals surface area contributed by atoms with E-state index in [1.54, 1.807) is 6.07 Å². The molecule has 2 rings (SSSR count). The fourth-order valence-corrected chi connectivity index (χ4v) is 3.13. The van der Waals surface area contributed by atoms with Gasteiger partial charge in [0.15, 0.2) is 0 Å². The van der Waals surface area contributed by atoms with Crippen molar-refractivity contribution in [1.29, 1.82) is 5.26 Å². The highest BCUT2D eigenvalue weighted by Crippen LogP contribution is 2.25. The Morgan fingerprint density at radius 2 is 1.95 bits per heavy atom. The Morgan fingerprint density at radius 1 is 1.24 bits per heavy atom. The maximum atomic E-state index is 13.7. The van der Waals surface area contributed by atoms with Crippen LogP contribution >= 0.6 is 15.9 Å². The number of sulfonamides is 1. The summed E-state index contributed by atoms with van der Waals surface area (Å²) in [7, 11) is -4.16. The molecule has 8 heteroatoms. The molecule has 0 amide bonds. The topological polar surface area (TPSA) is 96.0 Å². The molecule has 0 spiro atoms. The molecular formula is C13H9BrFN3O2S. The second kappa shape index (κ2) is 5.71. The third-order valence-electron chi connectivity index (χ3n) is 2.59. The third-order valence-corrected chi connectivity index (χ3v) is 4.48. The molecule has 0 heterocycles. The van der Waals surface area contributed by atoms with Gasteiger partial charge < -0.3 is 5.73 Å². The smallest absolute Gasteiger partial charge is 0.264 e. The predicted octanol–water partition coefficient (Wildman–Crippen LogP) is 2.84. The average molecular weight is 370 g/mol. The van der Waals surface area contributed by atoms with Gasteiger partial charge >= 0.3 is 0 Å². The van der Waals surface area contributed by atoms with Crippen LogP contribution in [0.25, 0.3) is 0 Å². The quantitative estimate of drug-likeness (QED) is 0.812. The van der Waals surface area contributed by atoms with Gasteiger partial charge in [-0.15, -0.1) is 0 Å². The van der Waals surface area contributed by atoms with Crippen LogP contribution in [0, 0.1) is 17.1 Å². The second-order valence-electron chi connectivity index (χ2n) is 4.10. The van der Waals surface area contributed by atoms with Crippen LogP contribution in [0.1, 0.15) is 5.56 Å². The van der Waals surface area contributed by atoms with Gasteiger partial charge in [0, 0.05) is 10.2 Å². The number of rotatable bonds is 3. The summed E-state index contributed by atoms with van der Waals surface area (Å²) in [6.07, 6.45) is 0. The standard InChI is InChI=1S/C13H9BrFN3O2S/c14-9-2-1-8(7-16)12(5-9)18-21(19,20)13-4-3-10(17)6-11(13)15/h1-6,18H,17H2. The molecule has 2 aromatic rings. The summed E-state index contributed by atoms with van der Waals surface area (Å²) < 4.78 is 40.9. The van der Waals surface area contributed by atoms with Crippen molar-refractivity contribution in [2.45, 2.75) is 4.90 Å². The lowest BCUT2D eigenvalue weighted by Crippen LogP contribution is -2.15. The van der Waals surface area contributed by atoms with Crippen LogP contribution in [0.15, 0.2) is 45.8 Å². The fraction of sp³-hybridized carbons (Fsp3) is 0. The number of benzene rings is 2. The summed E-state index contributed by atoms with van der Waals surface area (Å²) in [5, 5.41) is 8.98. The minimum atomic E-state index is -4.16. The fourth-order valence-electron chi connectivity index (χ4n) is 1.63. The summed E-state index contributed by atoms with van der Waals surface area (Å²) in [5.41, 5.74) is 5.68. The van der Waals surface area contributed by atoms with E-state index in [1.807, 2.05) is 6.07 Å². The highest BCUT2D eigenvalue weighted by molar-refractivity contribution is 9.10. The van der Waals surface area contributed by atoms with E-state index in [4.69, 9.17) is 11.0 Å². The first kappa shape index (κ1) is 15.3. The van der Waals surface area contributed by atoms with Crippen molar-refractivity contribution in [3.05, 3.63) is 52.3 Å². The summed E-state index contributed by atoms with van der Waals surface area (Å²) in [6, 6.07) is 9.59. The van der Waals surface area contributed by atoms with Gasteiger partial charge in [-0.1, -0.05) is 15.9 Å². The molecule has 0 saturated heterocycles. The Labute approximate surface area is 129 Å². The first-order valence-corrected chi connectivity index (χ1v) is 7.88. The molecular weight excluding hydrogens is 361 g/mol. The van der Waals surface area contributed by atoms with Gasteiger partial charge in [-0.05, 0) is 36.4 Å². The molecule has 0 radical (unpaired) electrons. The zero-order valence-corrected chi connectivity index (χ0v) is 12.9. The van der Waals surface area contributed by atoms with Crippen molar-refractivity contribution in [3.8, 4) is 6.07 Å². The minimum Gasteiger partial charge on any atom is -0.399 e. The molecule has 0 unspecified atom stereocenters. The number of nitrogens with two attached hydrogens (primary N) is 1. The van der Waals surface area contributed by atoms with Crippen LogP contribution in [0.4, 0.5) is 15.8 Å². The van der Waals surface area contributed by atoms with Gasteiger partial charge in [0.2, 0.25) is 0 Å². The summed E-state index contributed by atoms with van der Waals surface area (Å²) in [6.45, 7) is 0. The number of anilines is 2. The van der Waals surface area contributed by atoms with Crippen LogP contribution in [0.3, 0.4) is 0 Å². The highest BCUT2D eigenvalue weighted by atomic mass is 79.9. The van der Waals surface area contributed by atoms with Crippen molar-refractivity contribution < 1.29 is 12.8 Å². The van der Waals surface area contributed by atoms with Crippen LogP contribution < -0.4 is 10.5 Å². The monoisotopic (exact) mass is 369 g/mol. The number of nitrogens with one attached hydrogen (secondary N) is 1. The van der Waals surface area contributed by atoms with Crippen molar-refractivity contribution >= 4 is 37.3 Å². The largest absolute Gasteiger partial charge is 0.399 e. The Morgan fingerprint density at radius 3 is 2.57 bits per heavy atom. The van der Waals surface area contributed by atoms with Gasteiger partial charge in [-0.3, -0.25) is 4.72 Å². The molecule has 3 N–H and O–H groups in total. The van der Waals surface area contributed by atoms with Crippen LogP contribution in [-0.4, -0.2) is 8.42 Å². The van der Waals surface area contributed by atoms with Gasteiger partial charge in [-0.2, -0.15) is 5.26 Å². The highest BCUT2D eigenvalue weighted by Gasteiger charge is 2.20.